The summed E-state index contributed by atoms with van der Waals surface area (Å²) in [4.78, 5) is 14.1. The third kappa shape index (κ3) is 2.35. The van der Waals surface area contributed by atoms with Crippen molar-refractivity contribution < 1.29 is 9.32 Å². The van der Waals surface area contributed by atoms with Crippen molar-refractivity contribution in [2.24, 2.45) is 0 Å². The number of rotatable bonds is 3. The van der Waals surface area contributed by atoms with Crippen molar-refractivity contribution in [3.8, 4) is 0 Å². The first-order chi connectivity index (χ1) is 8.27. The van der Waals surface area contributed by atoms with Crippen LogP contribution in [0.4, 0.5) is 0 Å². The molecule has 94 valence electrons. The Morgan fingerprint density at radius 3 is 2.65 bits per heavy atom. The van der Waals surface area contributed by atoms with Gasteiger partial charge in [-0.25, -0.2) is 0 Å². The molecule has 1 aliphatic carbocycles. The van der Waals surface area contributed by atoms with Gasteiger partial charge in [0, 0.05) is 25.1 Å². The van der Waals surface area contributed by atoms with E-state index in [4.69, 9.17) is 4.52 Å². The summed E-state index contributed by atoms with van der Waals surface area (Å²) in [6, 6.07) is 0. The van der Waals surface area contributed by atoms with Crippen LogP contribution < -0.4 is 0 Å². The Morgan fingerprint density at radius 1 is 1.24 bits per heavy atom. The second-order valence-electron chi connectivity index (χ2n) is 4.47. The number of aryl methyl sites for hydroxylation is 1. The first kappa shape index (κ1) is 12.1. The molecule has 0 N–H and O–H groups in total. The number of hydrogen-bond acceptors (Lipinski definition) is 3. The molecule has 1 aliphatic rings. The van der Waals surface area contributed by atoms with E-state index in [9.17, 15) is 4.79 Å². The average Bonchev–Trinajstić information content (AvgIpc) is 2.60. The largest absolute Gasteiger partial charge is 0.360 e. The Balaban J connectivity index is 2.27. The zero-order valence-corrected chi connectivity index (χ0v) is 10.7. The van der Waals surface area contributed by atoms with Crippen LogP contribution in [0.1, 0.15) is 54.9 Å². The zero-order chi connectivity index (χ0) is 12.3. The van der Waals surface area contributed by atoms with Gasteiger partial charge in [-0.1, -0.05) is 11.6 Å². The molecule has 0 spiro atoms. The van der Waals surface area contributed by atoms with E-state index in [0.29, 0.717) is 5.69 Å². The van der Waals surface area contributed by atoms with Crippen LogP contribution in [0.25, 0.3) is 0 Å². The van der Waals surface area contributed by atoms with Gasteiger partial charge in [0.25, 0.3) is 5.91 Å². The van der Waals surface area contributed by atoms with E-state index >= 15 is 0 Å². The molecule has 0 aliphatic heterocycles. The lowest BCUT2D eigenvalue weighted by atomic mass is 10.1. The molecule has 1 aromatic rings. The molecule has 0 aromatic carbocycles. The van der Waals surface area contributed by atoms with Crippen LogP contribution in [0.5, 0.6) is 0 Å². The number of nitrogens with zero attached hydrogens (tertiary/aromatic N) is 2. The minimum absolute atomic E-state index is 0.0156. The van der Waals surface area contributed by atoms with Gasteiger partial charge in [0.05, 0.1) is 0 Å². The lowest BCUT2D eigenvalue weighted by molar-refractivity contribution is 0.0761. The third-order valence-corrected chi connectivity index (χ3v) is 3.45. The fraction of sp³-hybridized carbons (Fsp3) is 0.692. The second kappa shape index (κ2) is 5.34. The lowest BCUT2D eigenvalue weighted by Gasteiger charge is -2.17. The summed E-state index contributed by atoms with van der Waals surface area (Å²) >= 11 is 0. The SMILES string of the molecule is CCN(CC)C(=O)c1noc2c1CCCCC2. The van der Waals surface area contributed by atoms with Crippen molar-refractivity contribution in [1.29, 1.82) is 0 Å². The van der Waals surface area contributed by atoms with Crippen LogP contribution in [-0.2, 0) is 12.8 Å². The van der Waals surface area contributed by atoms with Crippen molar-refractivity contribution in [1.82, 2.24) is 10.1 Å². The van der Waals surface area contributed by atoms with Gasteiger partial charge in [-0.05, 0) is 33.1 Å². The standard InChI is InChI=1S/C13H20N2O2/c1-3-15(4-2)13(16)12-10-8-6-5-7-9-11(10)17-14-12/h3-9H2,1-2H3. The summed E-state index contributed by atoms with van der Waals surface area (Å²) in [6.07, 6.45) is 5.34. The Kier molecular flexibility index (Phi) is 3.82. The van der Waals surface area contributed by atoms with E-state index in [1.165, 1.54) is 6.42 Å². The van der Waals surface area contributed by atoms with E-state index < -0.39 is 0 Å². The monoisotopic (exact) mass is 236 g/mol. The van der Waals surface area contributed by atoms with Crippen LogP contribution in [-0.4, -0.2) is 29.1 Å². The van der Waals surface area contributed by atoms with Gasteiger partial charge in [-0.3, -0.25) is 4.79 Å². The maximum atomic E-state index is 12.3. The van der Waals surface area contributed by atoms with Crippen LogP contribution in [0.3, 0.4) is 0 Å². The molecule has 0 saturated heterocycles. The van der Waals surface area contributed by atoms with Crippen molar-refractivity contribution in [2.45, 2.75) is 46.0 Å². The Morgan fingerprint density at radius 2 is 1.94 bits per heavy atom. The predicted octanol–water partition coefficient (Wildman–Crippen LogP) is 2.43. The summed E-state index contributed by atoms with van der Waals surface area (Å²) in [5, 5.41) is 3.99. The molecule has 0 saturated carbocycles. The zero-order valence-electron chi connectivity index (χ0n) is 10.7. The van der Waals surface area contributed by atoms with Gasteiger partial charge in [0.2, 0.25) is 0 Å². The fourth-order valence-corrected chi connectivity index (χ4v) is 2.39. The molecule has 0 fully saturated rings. The molecular weight excluding hydrogens is 216 g/mol. The normalized spacial score (nSPS) is 15.2. The Labute approximate surface area is 102 Å². The Hall–Kier alpha value is -1.32. The smallest absolute Gasteiger partial charge is 0.276 e. The third-order valence-electron chi connectivity index (χ3n) is 3.45. The van der Waals surface area contributed by atoms with E-state index in [1.54, 1.807) is 4.90 Å². The molecule has 1 aromatic heterocycles. The van der Waals surface area contributed by atoms with Gasteiger partial charge >= 0.3 is 0 Å². The Bertz CT molecular complexity index is 394. The van der Waals surface area contributed by atoms with Crippen molar-refractivity contribution >= 4 is 5.91 Å². The quantitative estimate of drug-likeness (QED) is 0.757. The number of aromatic nitrogens is 1. The van der Waals surface area contributed by atoms with Gasteiger partial charge in [-0.15, -0.1) is 0 Å². The highest BCUT2D eigenvalue weighted by Crippen LogP contribution is 2.24. The maximum absolute atomic E-state index is 12.3. The minimum atomic E-state index is 0.0156. The van der Waals surface area contributed by atoms with E-state index in [0.717, 1.165) is 50.1 Å². The van der Waals surface area contributed by atoms with E-state index in [1.807, 2.05) is 13.8 Å². The van der Waals surface area contributed by atoms with Gasteiger partial charge in [0.15, 0.2) is 5.69 Å². The fourth-order valence-electron chi connectivity index (χ4n) is 2.39. The van der Waals surface area contributed by atoms with Crippen molar-refractivity contribution in [2.75, 3.05) is 13.1 Å². The highest BCUT2D eigenvalue weighted by Gasteiger charge is 2.25. The number of amides is 1. The molecule has 2 rings (SSSR count). The summed E-state index contributed by atoms with van der Waals surface area (Å²) in [5.74, 6) is 0.944. The van der Waals surface area contributed by atoms with Gasteiger partial charge < -0.3 is 9.42 Å². The molecular formula is C13H20N2O2. The van der Waals surface area contributed by atoms with Crippen LogP contribution in [0.2, 0.25) is 0 Å². The average molecular weight is 236 g/mol. The van der Waals surface area contributed by atoms with Gasteiger partial charge in [-0.2, -0.15) is 0 Å². The highest BCUT2D eigenvalue weighted by atomic mass is 16.5. The molecule has 1 amide bonds. The summed E-state index contributed by atoms with van der Waals surface area (Å²) < 4.78 is 5.33. The number of hydrogen-bond donors (Lipinski definition) is 0. The molecule has 0 radical (unpaired) electrons. The topological polar surface area (TPSA) is 46.3 Å². The number of fused-ring (bicyclic) bond motifs is 1. The first-order valence-electron chi connectivity index (χ1n) is 6.54. The first-order valence-corrected chi connectivity index (χ1v) is 6.54. The molecule has 0 unspecified atom stereocenters. The minimum Gasteiger partial charge on any atom is -0.360 e. The number of carbonyl (C=O) groups excluding carboxylic acids is 1. The van der Waals surface area contributed by atoms with Crippen LogP contribution >= 0.6 is 0 Å². The summed E-state index contributed by atoms with van der Waals surface area (Å²) in [7, 11) is 0. The highest BCUT2D eigenvalue weighted by molar-refractivity contribution is 5.93. The number of carbonyl (C=O) groups is 1. The molecule has 4 nitrogen and oxygen atoms in total. The molecule has 0 bridgehead atoms. The summed E-state index contributed by atoms with van der Waals surface area (Å²) in [5.41, 5.74) is 1.60. The molecule has 4 heteroatoms. The molecule has 17 heavy (non-hydrogen) atoms. The van der Waals surface area contributed by atoms with Crippen molar-refractivity contribution in [3.05, 3.63) is 17.0 Å². The molecule has 1 heterocycles. The maximum Gasteiger partial charge on any atom is 0.276 e. The van der Waals surface area contributed by atoms with Crippen LogP contribution in [0, 0.1) is 0 Å². The second-order valence-corrected chi connectivity index (χ2v) is 4.47. The van der Waals surface area contributed by atoms with Gasteiger partial charge in [0.1, 0.15) is 5.76 Å². The molecule has 0 atom stereocenters. The lowest BCUT2D eigenvalue weighted by Crippen LogP contribution is -2.31. The van der Waals surface area contributed by atoms with E-state index in [2.05, 4.69) is 5.16 Å². The summed E-state index contributed by atoms with van der Waals surface area (Å²) in [6.45, 7) is 5.41. The van der Waals surface area contributed by atoms with Crippen LogP contribution in [0.15, 0.2) is 4.52 Å². The van der Waals surface area contributed by atoms with Crippen molar-refractivity contribution in [3.63, 3.8) is 0 Å². The predicted molar refractivity (Wildman–Crippen MR) is 65.0 cm³/mol. The van der Waals surface area contributed by atoms with E-state index in [-0.39, 0.29) is 5.91 Å².